The average Bonchev–Trinajstić information content (AvgIpc) is 2.77. The van der Waals surface area contributed by atoms with Gasteiger partial charge in [0.05, 0.1) is 16.8 Å². The number of benzene rings is 1. The van der Waals surface area contributed by atoms with E-state index < -0.39 is 0 Å². The van der Waals surface area contributed by atoms with Gasteiger partial charge in [-0.05, 0) is 31.0 Å². The second kappa shape index (κ2) is 4.16. The Kier molecular flexibility index (Phi) is 2.74. The molecule has 1 aliphatic heterocycles. The number of halogens is 1. The maximum Gasteiger partial charge on any atom is 0.232 e. The SMILES string of the molecule is CN1CC2(CCCC2)C(=O)Nc2ccc(Cl)cc21. The molecule has 18 heavy (non-hydrogen) atoms. The molecule has 0 aromatic heterocycles. The lowest BCUT2D eigenvalue weighted by Crippen LogP contribution is -2.40. The van der Waals surface area contributed by atoms with E-state index in [2.05, 4.69) is 10.2 Å². The predicted octanol–water partition coefficient (Wildman–Crippen LogP) is 3.29. The summed E-state index contributed by atoms with van der Waals surface area (Å²) in [5, 5.41) is 3.78. The number of fused-ring (bicyclic) bond motifs is 1. The topological polar surface area (TPSA) is 32.3 Å². The minimum atomic E-state index is -0.208. The van der Waals surface area contributed by atoms with Crippen molar-refractivity contribution in [2.45, 2.75) is 25.7 Å². The van der Waals surface area contributed by atoms with Crippen LogP contribution in [0.1, 0.15) is 25.7 Å². The molecular weight excluding hydrogens is 248 g/mol. The zero-order valence-corrected chi connectivity index (χ0v) is 11.3. The Morgan fingerprint density at radius 1 is 1.33 bits per heavy atom. The number of amides is 1. The molecule has 0 radical (unpaired) electrons. The Bertz CT molecular complexity index is 495. The molecular formula is C14H17ClN2O. The van der Waals surface area contributed by atoms with Crippen LogP contribution in [0.4, 0.5) is 11.4 Å². The zero-order chi connectivity index (χ0) is 12.8. The molecule has 1 saturated carbocycles. The Labute approximate surface area is 112 Å². The highest BCUT2D eigenvalue weighted by atomic mass is 35.5. The van der Waals surface area contributed by atoms with E-state index in [1.165, 1.54) is 0 Å². The summed E-state index contributed by atoms with van der Waals surface area (Å²) in [6.45, 7) is 0.784. The number of rotatable bonds is 0. The fourth-order valence-electron chi connectivity index (χ4n) is 3.23. The van der Waals surface area contributed by atoms with Crippen molar-refractivity contribution in [3.05, 3.63) is 23.2 Å². The van der Waals surface area contributed by atoms with Crippen molar-refractivity contribution in [1.29, 1.82) is 0 Å². The van der Waals surface area contributed by atoms with E-state index >= 15 is 0 Å². The van der Waals surface area contributed by atoms with Crippen LogP contribution in [0.3, 0.4) is 0 Å². The standard InChI is InChI=1S/C14H17ClN2O/c1-17-9-14(6-2-3-7-14)13(18)16-11-5-4-10(15)8-12(11)17/h4-5,8H,2-3,6-7,9H2,1H3,(H,16,18). The number of hydrogen-bond donors (Lipinski definition) is 1. The van der Waals surface area contributed by atoms with Gasteiger partial charge in [0.15, 0.2) is 0 Å². The normalized spacial score (nSPS) is 21.7. The molecule has 1 aromatic carbocycles. The first kappa shape index (κ1) is 11.8. The summed E-state index contributed by atoms with van der Waals surface area (Å²) in [7, 11) is 2.04. The van der Waals surface area contributed by atoms with Gasteiger partial charge in [-0.15, -0.1) is 0 Å². The van der Waals surface area contributed by atoms with Crippen molar-refractivity contribution < 1.29 is 4.79 Å². The van der Waals surface area contributed by atoms with Crippen LogP contribution in [-0.2, 0) is 4.79 Å². The van der Waals surface area contributed by atoms with Gasteiger partial charge >= 0.3 is 0 Å². The molecule has 4 heteroatoms. The van der Waals surface area contributed by atoms with Crippen molar-refractivity contribution in [3.63, 3.8) is 0 Å². The molecule has 2 aliphatic rings. The van der Waals surface area contributed by atoms with Crippen molar-refractivity contribution in [1.82, 2.24) is 0 Å². The zero-order valence-electron chi connectivity index (χ0n) is 10.5. The van der Waals surface area contributed by atoms with Gasteiger partial charge in [-0.1, -0.05) is 24.4 Å². The number of carbonyl (C=O) groups excluding carboxylic acids is 1. The van der Waals surface area contributed by atoms with Crippen LogP contribution in [0.15, 0.2) is 18.2 Å². The molecule has 0 atom stereocenters. The van der Waals surface area contributed by atoms with Gasteiger partial charge in [-0.3, -0.25) is 4.79 Å². The quantitative estimate of drug-likeness (QED) is 0.780. The van der Waals surface area contributed by atoms with Gasteiger partial charge in [-0.2, -0.15) is 0 Å². The highest BCUT2D eigenvalue weighted by Gasteiger charge is 2.44. The van der Waals surface area contributed by atoms with Crippen LogP contribution in [-0.4, -0.2) is 19.5 Å². The number of nitrogens with one attached hydrogen (secondary N) is 1. The Morgan fingerprint density at radius 3 is 2.78 bits per heavy atom. The summed E-state index contributed by atoms with van der Waals surface area (Å²) < 4.78 is 0. The molecule has 1 amide bonds. The van der Waals surface area contributed by atoms with Gasteiger partial charge in [0, 0.05) is 18.6 Å². The average molecular weight is 265 g/mol. The highest BCUT2D eigenvalue weighted by Crippen LogP contribution is 2.44. The first-order valence-corrected chi connectivity index (χ1v) is 6.81. The minimum absolute atomic E-state index is 0.174. The maximum atomic E-state index is 12.5. The van der Waals surface area contributed by atoms with E-state index in [-0.39, 0.29) is 11.3 Å². The van der Waals surface area contributed by atoms with Gasteiger partial charge in [0.2, 0.25) is 5.91 Å². The largest absolute Gasteiger partial charge is 0.372 e. The summed E-state index contributed by atoms with van der Waals surface area (Å²) in [6, 6.07) is 5.63. The second-order valence-electron chi connectivity index (χ2n) is 5.46. The van der Waals surface area contributed by atoms with Crippen molar-refractivity contribution in [2.75, 3.05) is 23.8 Å². The van der Waals surface area contributed by atoms with E-state index in [1.807, 2.05) is 25.2 Å². The monoisotopic (exact) mass is 264 g/mol. The molecule has 1 fully saturated rings. The van der Waals surface area contributed by atoms with Crippen molar-refractivity contribution in [3.8, 4) is 0 Å². The molecule has 1 heterocycles. The molecule has 1 aliphatic carbocycles. The van der Waals surface area contributed by atoms with Gasteiger partial charge in [-0.25, -0.2) is 0 Å². The molecule has 3 nitrogen and oxygen atoms in total. The number of hydrogen-bond acceptors (Lipinski definition) is 2. The number of anilines is 2. The van der Waals surface area contributed by atoms with Gasteiger partial charge in [0.1, 0.15) is 0 Å². The molecule has 1 spiro atoms. The van der Waals surface area contributed by atoms with Crippen LogP contribution in [0.25, 0.3) is 0 Å². The highest BCUT2D eigenvalue weighted by molar-refractivity contribution is 6.31. The van der Waals surface area contributed by atoms with Gasteiger partial charge < -0.3 is 10.2 Å². The fourth-order valence-corrected chi connectivity index (χ4v) is 3.40. The Morgan fingerprint density at radius 2 is 2.06 bits per heavy atom. The summed E-state index contributed by atoms with van der Waals surface area (Å²) in [4.78, 5) is 14.6. The molecule has 96 valence electrons. The van der Waals surface area contributed by atoms with Crippen molar-refractivity contribution >= 4 is 28.9 Å². The lowest BCUT2D eigenvalue weighted by molar-refractivity contribution is -0.124. The first-order valence-electron chi connectivity index (χ1n) is 6.43. The summed E-state index contributed by atoms with van der Waals surface area (Å²) in [5.74, 6) is 0.174. The van der Waals surface area contributed by atoms with E-state index in [4.69, 9.17) is 11.6 Å². The van der Waals surface area contributed by atoms with E-state index in [0.717, 1.165) is 43.6 Å². The molecule has 0 saturated heterocycles. The lowest BCUT2D eigenvalue weighted by atomic mass is 9.85. The summed E-state index contributed by atoms with van der Waals surface area (Å²) in [6.07, 6.45) is 4.28. The third kappa shape index (κ3) is 1.77. The van der Waals surface area contributed by atoms with Crippen LogP contribution < -0.4 is 10.2 Å². The summed E-state index contributed by atoms with van der Waals surface area (Å²) in [5.41, 5.74) is 1.68. The van der Waals surface area contributed by atoms with Crippen LogP contribution in [0.5, 0.6) is 0 Å². The first-order chi connectivity index (χ1) is 8.61. The summed E-state index contributed by atoms with van der Waals surface area (Å²) >= 11 is 6.04. The van der Waals surface area contributed by atoms with Crippen LogP contribution >= 0.6 is 11.6 Å². The minimum Gasteiger partial charge on any atom is -0.372 e. The fraction of sp³-hybridized carbons (Fsp3) is 0.500. The molecule has 1 aromatic rings. The van der Waals surface area contributed by atoms with E-state index in [9.17, 15) is 4.79 Å². The van der Waals surface area contributed by atoms with Crippen molar-refractivity contribution in [2.24, 2.45) is 5.41 Å². The van der Waals surface area contributed by atoms with E-state index in [1.54, 1.807) is 0 Å². The van der Waals surface area contributed by atoms with E-state index in [0.29, 0.717) is 5.02 Å². The Hall–Kier alpha value is -1.22. The lowest BCUT2D eigenvalue weighted by Gasteiger charge is -2.29. The molecule has 3 rings (SSSR count). The number of carbonyl (C=O) groups is 1. The maximum absolute atomic E-state index is 12.5. The van der Waals surface area contributed by atoms with Crippen LogP contribution in [0, 0.1) is 5.41 Å². The number of nitrogens with zero attached hydrogens (tertiary/aromatic N) is 1. The van der Waals surface area contributed by atoms with Crippen LogP contribution in [0.2, 0.25) is 5.02 Å². The molecule has 0 unspecified atom stereocenters. The smallest absolute Gasteiger partial charge is 0.232 e. The third-order valence-electron chi connectivity index (χ3n) is 4.20. The second-order valence-corrected chi connectivity index (χ2v) is 5.90. The predicted molar refractivity (Wildman–Crippen MR) is 74.3 cm³/mol. The third-order valence-corrected chi connectivity index (χ3v) is 4.44. The molecule has 0 bridgehead atoms. The molecule has 1 N–H and O–H groups in total. The Balaban J connectivity index is 2.03. The van der Waals surface area contributed by atoms with Gasteiger partial charge in [0.25, 0.3) is 0 Å².